The van der Waals surface area contributed by atoms with E-state index in [-0.39, 0.29) is 0 Å². The van der Waals surface area contributed by atoms with E-state index in [1.54, 1.807) is 0 Å². The van der Waals surface area contributed by atoms with Gasteiger partial charge in [0, 0.05) is 18.6 Å². The van der Waals surface area contributed by atoms with Crippen LogP contribution < -0.4 is 5.73 Å². The second-order valence-corrected chi connectivity index (χ2v) is 5.03. The summed E-state index contributed by atoms with van der Waals surface area (Å²) in [5, 5.41) is 0. The number of nitrogens with two attached hydrogens (primary N) is 1. The lowest BCUT2D eigenvalue weighted by Crippen LogP contribution is -2.32. The minimum atomic E-state index is 0.300. The summed E-state index contributed by atoms with van der Waals surface area (Å²) in [7, 11) is 0. The zero-order valence-corrected chi connectivity index (χ0v) is 11.0. The Morgan fingerprint density at radius 2 is 1.94 bits per heavy atom. The topological polar surface area (TPSA) is 29.3 Å². The second-order valence-electron chi connectivity index (χ2n) is 5.03. The molecule has 94 valence electrons. The van der Waals surface area contributed by atoms with Gasteiger partial charge in [-0.25, -0.2) is 0 Å². The van der Waals surface area contributed by atoms with Gasteiger partial charge in [0.1, 0.15) is 0 Å². The van der Waals surface area contributed by atoms with Crippen molar-refractivity contribution < 1.29 is 0 Å². The Bertz CT molecular complexity index is 342. The summed E-state index contributed by atoms with van der Waals surface area (Å²) in [6.07, 6.45) is 3.44. The summed E-state index contributed by atoms with van der Waals surface area (Å²) in [5.41, 5.74) is 9.06. The van der Waals surface area contributed by atoms with Gasteiger partial charge >= 0.3 is 0 Å². The zero-order chi connectivity index (χ0) is 12.3. The van der Waals surface area contributed by atoms with Crippen LogP contribution in [-0.4, -0.2) is 24.0 Å². The molecule has 0 radical (unpaired) electrons. The van der Waals surface area contributed by atoms with E-state index in [1.165, 1.54) is 17.5 Å². The van der Waals surface area contributed by atoms with Gasteiger partial charge in [-0.15, -0.1) is 0 Å². The Kier molecular flexibility index (Phi) is 4.19. The first kappa shape index (κ1) is 12.6. The lowest BCUT2D eigenvalue weighted by Gasteiger charge is -2.26. The summed E-state index contributed by atoms with van der Waals surface area (Å²) < 4.78 is 0. The average Bonchev–Trinajstić information content (AvgIpc) is 2.71. The van der Waals surface area contributed by atoms with Gasteiger partial charge in [0.2, 0.25) is 0 Å². The molecule has 0 aliphatic carbocycles. The molecule has 0 saturated carbocycles. The predicted molar refractivity (Wildman–Crippen MR) is 73.0 cm³/mol. The Balaban J connectivity index is 2.17. The fraction of sp³-hybridized carbons (Fsp3) is 0.600. The van der Waals surface area contributed by atoms with Crippen LogP contribution >= 0.6 is 0 Å². The van der Waals surface area contributed by atoms with Crippen molar-refractivity contribution in [2.75, 3.05) is 13.1 Å². The van der Waals surface area contributed by atoms with Crippen LogP contribution in [0.3, 0.4) is 0 Å². The van der Waals surface area contributed by atoms with E-state index in [0.29, 0.717) is 12.1 Å². The Labute approximate surface area is 105 Å². The molecule has 1 fully saturated rings. The number of hydrogen-bond donors (Lipinski definition) is 1. The molecule has 0 unspecified atom stereocenters. The van der Waals surface area contributed by atoms with Gasteiger partial charge < -0.3 is 5.73 Å². The molecule has 2 atom stereocenters. The van der Waals surface area contributed by atoms with Gasteiger partial charge in [0.05, 0.1) is 0 Å². The van der Waals surface area contributed by atoms with E-state index in [0.717, 1.165) is 25.9 Å². The highest BCUT2D eigenvalue weighted by atomic mass is 15.2. The van der Waals surface area contributed by atoms with Gasteiger partial charge in [-0.05, 0) is 36.9 Å². The molecule has 1 aliphatic rings. The average molecular weight is 232 g/mol. The second kappa shape index (κ2) is 5.65. The summed E-state index contributed by atoms with van der Waals surface area (Å²) in [6.45, 7) is 6.74. The minimum Gasteiger partial charge on any atom is -0.326 e. The molecule has 0 spiro atoms. The van der Waals surface area contributed by atoms with Crippen molar-refractivity contribution in [1.29, 1.82) is 0 Å². The maximum Gasteiger partial charge on any atom is 0.0499 e. The SMILES string of the molecule is CCCN1CC[C@@H](N)[C@@H]1c1ccc(CC)cc1. The van der Waals surface area contributed by atoms with E-state index in [2.05, 4.69) is 43.0 Å². The highest BCUT2D eigenvalue weighted by Crippen LogP contribution is 2.31. The van der Waals surface area contributed by atoms with Crippen LogP contribution in [0.2, 0.25) is 0 Å². The molecular weight excluding hydrogens is 208 g/mol. The summed E-state index contributed by atoms with van der Waals surface area (Å²) >= 11 is 0. The van der Waals surface area contributed by atoms with Crippen LogP contribution in [0, 0.1) is 0 Å². The molecule has 17 heavy (non-hydrogen) atoms. The monoisotopic (exact) mass is 232 g/mol. The summed E-state index contributed by atoms with van der Waals surface area (Å²) in [5.74, 6) is 0. The third kappa shape index (κ3) is 2.70. The fourth-order valence-electron chi connectivity index (χ4n) is 2.83. The first-order valence-corrected chi connectivity index (χ1v) is 6.84. The maximum absolute atomic E-state index is 6.26. The minimum absolute atomic E-state index is 0.300. The van der Waals surface area contributed by atoms with Crippen LogP contribution in [0.1, 0.15) is 43.9 Å². The van der Waals surface area contributed by atoms with E-state index in [9.17, 15) is 0 Å². The van der Waals surface area contributed by atoms with Crippen molar-refractivity contribution in [1.82, 2.24) is 4.90 Å². The van der Waals surface area contributed by atoms with Gasteiger partial charge in [-0.1, -0.05) is 38.1 Å². The predicted octanol–water partition coefficient (Wildman–Crippen LogP) is 2.73. The highest BCUT2D eigenvalue weighted by molar-refractivity contribution is 5.27. The smallest absolute Gasteiger partial charge is 0.0499 e. The van der Waals surface area contributed by atoms with Crippen LogP contribution in [0.4, 0.5) is 0 Å². The van der Waals surface area contributed by atoms with Crippen LogP contribution in [-0.2, 0) is 6.42 Å². The highest BCUT2D eigenvalue weighted by Gasteiger charge is 2.31. The van der Waals surface area contributed by atoms with Crippen LogP contribution in [0.5, 0.6) is 0 Å². The number of aryl methyl sites for hydroxylation is 1. The summed E-state index contributed by atoms with van der Waals surface area (Å²) in [6, 6.07) is 9.74. The molecule has 2 N–H and O–H groups in total. The molecule has 2 rings (SSSR count). The van der Waals surface area contributed by atoms with Crippen molar-refractivity contribution in [3.05, 3.63) is 35.4 Å². The number of nitrogens with zero attached hydrogens (tertiary/aromatic N) is 1. The fourth-order valence-corrected chi connectivity index (χ4v) is 2.83. The molecule has 0 aromatic heterocycles. The quantitative estimate of drug-likeness (QED) is 0.865. The zero-order valence-electron chi connectivity index (χ0n) is 11.0. The van der Waals surface area contributed by atoms with Crippen molar-refractivity contribution in [2.45, 2.75) is 45.2 Å². The first-order valence-electron chi connectivity index (χ1n) is 6.84. The van der Waals surface area contributed by atoms with Crippen molar-refractivity contribution >= 4 is 0 Å². The van der Waals surface area contributed by atoms with E-state index < -0.39 is 0 Å². The van der Waals surface area contributed by atoms with Crippen molar-refractivity contribution in [3.8, 4) is 0 Å². The third-order valence-electron chi connectivity index (χ3n) is 3.79. The van der Waals surface area contributed by atoms with E-state index in [4.69, 9.17) is 5.73 Å². The lowest BCUT2D eigenvalue weighted by molar-refractivity contribution is 0.248. The molecular formula is C15H24N2. The standard InChI is InChI=1S/C15H24N2/c1-3-10-17-11-9-14(16)15(17)13-7-5-12(4-2)6-8-13/h5-8,14-15H,3-4,9-11,16H2,1-2H3/t14-,15+/m1/s1. The Morgan fingerprint density at radius 3 is 2.53 bits per heavy atom. The molecule has 1 aromatic carbocycles. The van der Waals surface area contributed by atoms with Crippen molar-refractivity contribution in [3.63, 3.8) is 0 Å². The number of benzene rings is 1. The van der Waals surface area contributed by atoms with Gasteiger partial charge in [0.15, 0.2) is 0 Å². The van der Waals surface area contributed by atoms with Gasteiger partial charge in [0.25, 0.3) is 0 Å². The third-order valence-corrected chi connectivity index (χ3v) is 3.79. The Hall–Kier alpha value is -0.860. The maximum atomic E-state index is 6.26. The first-order chi connectivity index (χ1) is 8.26. The molecule has 0 amide bonds. The molecule has 0 bridgehead atoms. The normalized spacial score (nSPS) is 25.4. The van der Waals surface area contributed by atoms with Crippen molar-refractivity contribution in [2.24, 2.45) is 5.73 Å². The molecule has 1 heterocycles. The number of likely N-dealkylation sites (tertiary alicyclic amines) is 1. The summed E-state index contributed by atoms with van der Waals surface area (Å²) in [4.78, 5) is 2.53. The Morgan fingerprint density at radius 1 is 1.24 bits per heavy atom. The molecule has 2 nitrogen and oxygen atoms in total. The molecule has 1 aliphatic heterocycles. The lowest BCUT2D eigenvalue weighted by atomic mass is 9.99. The number of hydrogen-bond acceptors (Lipinski definition) is 2. The molecule has 2 heteroatoms. The van der Waals surface area contributed by atoms with E-state index >= 15 is 0 Å². The van der Waals surface area contributed by atoms with Gasteiger partial charge in [-0.3, -0.25) is 4.90 Å². The number of rotatable bonds is 4. The van der Waals surface area contributed by atoms with Crippen LogP contribution in [0.15, 0.2) is 24.3 Å². The molecule has 1 saturated heterocycles. The largest absolute Gasteiger partial charge is 0.326 e. The molecule has 1 aromatic rings. The van der Waals surface area contributed by atoms with Gasteiger partial charge in [-0.2, -0.15) is 0 Å². The van der Waals surface area contributed by atoms with E-state index in [1.807, 2.05) is 0 Å². The van der Waals surface area contributed by atoms with Crippen LogP contribution in [0.25, 0.3) is 0 Å².